The maximum atomic E-state index is 5.16. The number of hydrogen-bond donors (Lipinski definition) is 2. The van der Waals surface area contributed by atoms with Gasteiger partial charge in [-0.1, -0.05) is 35.6 Å². The maximum absolute atomic E-state index is 5.16. The number of aromatic nitrogens is 1. The molecule has 23 heavy (non-hydrogen) atoms. The number of fused-ring (bicyclic) bond motifs is 1. The van der Waals surface area contributed by atoms with E-state index in [1.165, 1.54) is 10.3 Å². The number of methoxy groups -OCH3 is 1. The summed E-state index contributed by atoms with van der Waals surface area (Å²) in [6.45, 7) is 2.78. The van der Waals surface area contributed by atoms with Gasteiger partial charge in [0.1, 0.15) is 5.75 Å². The van der Waals surface area contributed by atoms with Crippen LogP contribution in [0.1, 0.15) is 12.0 Å². The quantitative estimate of drug-likeness (QED) is 0.616. The van der Waals surface area contributed by atoms with Crippen LogP contribution in [0.3, 0.4) is 0 Å². The van der Waals surface area contributed by atoms with Crippen molar-refractivity contribution in [1.82, 2.24) is 10.3 Å². The number of benzene rings is 2. The molecule has 4 nitrogen and oxygen atoms in total. The van der Waals surface area contributed by atoms with E-state index in [9.17, 15) is 0 Å². The number of hydrogen-bond acceptors (Lipinski definition) is 5. The summed E-state index contributed by atoms with van der Waals surface area (Å²) in [5.41, 5.74) is 2.34. The topological polar surface area (TPSA) is 46.2 Å². The van der Waals surface area contributed by atoms with Crippen LogP contribution in [0.4, 0.5) is 5.13 Å². The zero-order valence-electron chi connectivity index (χ0n) is 13.2. The van der Waals surface area contributed by atoms with E-state index in [0.717, 1.165) is 42.5 Å². The Labute approximate surface area is 140 Å². The number of nitrogens with zero attached hydrogens (tertiary/aromatic N) is 1. The molecule has 3 aromatic rings. The second-order valence-corrected chi connectivity index (χ2v) is 6.32. The lowest BCUT2D eigenvalue weighted by Crippen LogP contribution is -2.17. The van der Waals surface area contributed by atoms with Gasteiger partial charge in [0.25, 0.3) is 0 Å². The molecule has 0 aliphatic heterocycles. The van der Waals surface area contributed by atoms with Crippen molar-refractivity contribution in [1.29, 1.82) is 0 Å². The molecule has 0 fully saturated rings. The van der Waals surface area contributed by atoms with Crippen LogP contribution in [-0.4, -0.2) is 25.2 Å². The Bertz CT molecular complexity index is 706. The molecule has 0 amide bonds. The van der Waals surface area contributed by atoms with E-state index >= 15 is 0 Å². The fourth-order valence-corrected chi connectivity index (χ4v) is 3.22. The SMILES string of the molecule is COc1ccc(CNCCCNc2nc3ccccc3s2)cc1. The average molecular weight is 327 g/mol. The fourth-order valence-electron chi connectivity index (χ4n) is 2.33. The van der Waals surface area contributed by atoms with E-state index in [4.69, 9.17) is 4.74 Å². The molecule has 0 atom stereocenters. The Morgan fingerprint density at radius 1 is 1.04 bits per heavy atom. The summed E-state index contributed by atoms with van der Waals surface area (Å²) in [5.74, 6) is 0.897. The predicted molar refractivity (Wildman–Crippen MR) is 97.4 cm³/mol. The zero-order chi connectivity index (χ0) is 15.9. The minimum Gasteiger partial charge on any atom is -0.497 e. The van der Waals surface area contributed by atoms with Gasteiger partial charge in [0.15, 0.2) is 5.13 Å². The third-order valence-electron chi connectivity index (χ3n) is 3.59. The third kappa shape index (κ3) is 4.43. The van der Waals surface area contributed by atoms with Gasteiger partial charge in [0, 0.05) is 13.1 Å². The molecule has 0 radical (unpaired) electrons. The molecule has 0 bridgehead atoms. The number of anilines is 1. The number of thiazole rings is 1. The van der Waals surface area contributed by atoms with Gasteiger partial charge in [-0.3, -0.25) is 0 Å². The first-order chi connectivity index (χ1) is 11.3. The van der Waals surface area contributed by atoms with E-state index in [1.807, 2.05) is 30.3 Å². The molecule has 5 heteroatoms. The van der Waals surface area contributed by atoms with E-state index < -0.39 is 0 Å². The number of rotatable bonds is 8. The first kappa shape index (κ1) is 15.8. The largest absolute Gasteiger partial charge is 0.497 e. The summed E-state index contributed by atoms with van der Waals surface area (Å²) in [6.07, 6.45) is 1.06. The highest BCUT2D eigenvalue weighted by molar-refractivity contribution is 7.22. The average Bonchev–Trinajstić information content (AvgIpc) is 3.01. The Morgan fingerprint density at radius 2 is 1.87 bits per heavy atom. The summed E-state index contributed by atoms with van der Waals surface area (Å²) in [7, 11) is 1.69. The van der Waals surface area contributed by atoms with Crippen LogP contribution in [0, 0.1) is 0 Å². The summed E-state index contributed by atoms with van der Waals surface area (Å²) in [4.78, 5) is 4.57. The molecule has 0 spiro atoms. The molecule has 1 heterocycles. The van der Waals surface area contributed by atoms with Crippen molar-refractivity contribution in [2.24, 2.45) is 0 Å². The van der Waals surface area contributed by atoms with Gasteiger partial charge >= 0.3 is 0 Å². The Hall–Kier alpha value is -2.11. The monoisotopic (exact) mass is 327 g/mol. The highest BCUT2D eigenvalue weighted by Crippen LogP contribution is 2.25. The minimum absolute atomic E-state index is 0.880. The smallest absolute Gasteiger partial charge is 0.183 e. The number of ether oxygens (including phenoxy) is 1. The van der Waals surface area contributed by atoms with Crippen molar-refractivity contribution in [3.8, 4) is 5.75 Å². The van der Waals surface area contributed by atoms with Crippen molar-refractivity contribution in [2.75, 3.05) is 25.5 Å². The van der Waals surface area contributed by atoms with Gasteiger partial charge in [0.2, 0.25) is 0 Å². The predicted octanol–water partition coefficient (Wildman–Crippen LogP) is 3.90. The lowest BCUT2D eigenvalue weighted by Gasteiger charge is -2.06. The summed E-state index contributed by atoms with van der Waals surface area (Å²) in [5, 5.41) is 7.85. The van der Waals surface area contributed by atoms with Crippen molar-refractivity contribution >= 4 is 26.7 Å². The van der Waals surface area contributed by atoms with Crippen molar-refractivity contribution in [2.45, 2.75) is 13.0 Å². The molecule has 1 aromatic heterocycles. The number of nitrogens with one attached hydrogen (secondary N) is 2. The van der Waals surface area contributed by atoms with E-state index in [0.29, 0.717) is 0 Å². The Kier molecular flexibility index (Phi) is 5.45. The van der Waals surface area contributed by atoms with Crippen LogP contribution in [0.15, 0.2) is 48.5 Å². The van der Waals surface area contributed by atoms with E-state index in [2.05, 4.69) is 33.8 Å². The normalized spacial score (nSPS) is 10.8. The third-order valence-corrected chi connectivity index (χ3v) is 4.58. The van der Waals surface area contributed by atoms with Gasteiger partial charge in [-0.2, -0.15) is 0 Å². The van der Waals surface area contributed by atoms with Gasteiger partial charge in [0.05, 0.1) is 17.3 Å². The van der Waals surface area contributed by atoms with Gasteiger partial charge < -0.3 is 15.4 Å². The Balaban J connectivity index is 1.35. The molecule has 0 aliphatic carbocycles. The highest BCUT2D eigenvalue weighted by atomic mass is 32.1. The van der Waals surface area contributed by atoms with E-state index in [-0.39, 0.29) is 0 Å². The van der Waals surface area contributed by atoms with Crippen LogP contribution < -0.4 is 15.4 Å². The fraction of sp³-hybridized carbons (Fsp3) is 0.278. The second kappa shape index (κ2) is 7.94. The molecule has 3 rings (SSSR count). The van der Waals surface area contributed by atoms with E-state index in [1.54, 1.807) is 18.4 Å². The van der Waals surface area contributed by atoms with Gasteiger partial charge in [-0.05, 0) is 42.8 Å². The molecule has 0 saturated heterocycles. The molecule has 0 unspecified atom stereocenters. The lowest BCUT2D eigenvalue weighted by atomic mass is 10.2. The molecule has 120 valence electrons. The summed E-state index contributed by atoms with van der Waals surface area (Å²) < 4.78 is 6.39. The van der Waals surface area contributed by atoms with Crippen molar-refractivity contribution < 1.29 is 4.74 Å². The zero-order valence-corrected chi connectivity index (χ0v) is 14.0. The van der Waals surface area contributed by atoms with Crippen LogP contribution in [-0.2, 0) is 6.54 Å². The highest BCUT2D eigenvalue weighted by Gasteiger charge is 2.01. The molecular weight excluding hydrogens is 306 g/mol. The van der Waals surface area contributed by atoms with Gasteiger partial charge in [-0.25, -0.2) is 4.98 Å². The maximum Gasteiger partial charge on any atom is 0.183 e. The standard InChI is InChI=1S/C18H21N3OS/c1-22-15-9-7-14(8-10-15)13-19-11-4-12-20-18-21-16-5-2-3-6-17(16)23-18/h2-3,5-10,19H,4,11-13H2,1H3,(H,20,21). The lowest BCUT2D eigenvalue weighted by molar-refractivity contribution is 0.414. The molecular formula is C18H21N3OS. The van der Waals surface area contributed by atoms with Crippen LogP contribution in [0.2, 0.25) is 0 Å². The molecule has 0 aliphatic rings. The van der Waals surface area contributed by atoms with Crippen LogP contribution >= 0.6 is 11.3 Å². The number of para-hydroxylation sites is 1. The minimum atomic E-state index is 0.880. The molecule has 2 aromatic carbocycles. The first-order valence-corrected chi connectivity index (χ1v) is 8.60. The summed E-state index contributed by atoms with van der Waals surface area (Å²) in [6, 6.07) is 16.4. The van der Waals surface area contributed by atoms with Gasteiger partial charge in [-0.15, -0.1) is 0 Å². The second-order valence-electron chi connectivity index (χ2n) is 5.29. The Morgan fingerprint density at radius 3 is 2.65 bits per heavy atom. The van der Waals surface area contributed by atoms with Crippen molar-refractivity contribution in [3.63, 3.8) is 0 Å². The van der Waals surface area contributed by atoms with Crippen molar-refractivity contribution in [3.05, 3.63) is 54.1 Å². The van der Waals surface area contributed by atoms with Crippen LogP contribution in [0.25, 0.3) is 10.2 Å². The van der Waals surface area contributed by atoms with Crippen LogP contribution in [0.5, 0.6) is 5.75 Å². The molecule has 0 saturated carbocycles. The first-order valence-electron chi connectivity index (χ1n) is 7.78. The summed E-state index contributed by atoms with van der Waals surface area (Å²) >= 11 is 1.71. The molecule has 2 N–H and O–H groups in total.